The lowest BCUT2D eigenvalue weighted by atomic mass is 9.83. The summed E-state index contributed by atoms with van der Waals surface area (Å²) in [6.07, 6.45) is 17.8. The van der Waals surface area contributed by atoms with Crippen molar-refractivity contribution in [2.75, 3.05) is 13.6 Å². The summed E-state index contributed by atoms with van der Waals surface area (Å²) in [6.45, 7) is 1.62. The standard InChI is InChI=1S/C25H41N5O/c1-30(25(26)28-17-14-20-6-3-2-4-7-20)24(31)11-10-21-8-5-9-23(18-21)29-19-22-12-15-27-16-13-22/h12-13,15-16,20-21,23,29H,2-11,14,17-19H2,1H3,(H2,26,28)/t21?,23-/m1/s1. The van der Waals surface area contributed by atoms with E-state index in [1.165, 1.54) is 56.9 Å². The van der Waals surface area contributed by atoms with Gasteiger partial charge in [0, 0.05) is 45.0 Å². The molecule has 6 heteroatoms. The summed E-state index contributed by atoms with van der Waals surface area (Å²) >= 11 is 0. The van der Waals surface area contributed by atoms with Crippen LogP contribution < -0.4 is 11.1 Å². The summed E-state index contributed by atoms with van der Waals surface area (Å²) in [4.78, 5) is 22.7. The van der Waals surface area contributed by atoms with Crippen LogP contribution in [0.3, 0.4) is 0 Å². The van der Waals surface area contributed by atoms with Gasteiger partial charge in [0.2, 0.25) is 5.91 Å². The summed E-state index contributed by atoms with van der Waals surface area (Å²) in [5.41, 5.74) is 7.37. The Hall–Kier alpha value is -1.95. The van der Waals surface area contributed by atoms with Gasteiger partial charge >= 0.3 is 0 Å². The molecule has 0 spiro atoms. The first-order chi connectivity index (χ1) is 15.1. The lowest BCUT2D eigenvalue weighted by Crippen LogP contribution is -2.39. The summed E-state index contributed by atoms with van der Waals surface area (Å²) in [5, 5.41) is 3.68. The van der Waals surface area contributed by atoms with Gasteiger partial charge in [0.1, 0.15) is 0 Å². The van der Waals surface area contributed by atoms with E-state index >= 15 is 0 Å². The van der Waals surface area contributed by atoms with Gasteiger partial charge in [-0.3, -0.25) is 19.7 Å². The predicted molar refractivity (Wildman–Crippen MR) is 127 cm³/mol. The number of nitrogens with zero attached hydrogens (tertiary/aromatic N) is 3. The minimum Gasteiger partial charge on any atom is -0.369 e. The molecule has 0 radical (unpaired) electrons. The molecule has 1 amide bonds. The lowest BCUT2D eigenvalue weighted by molar-refractivity contribution is -0.126. The van der Waals surface area contributed by atoms with Crippen molar-refractivity contribution in [3.8, 4) is 0 Å². The zero-order valence-corrected chi connectivity index (χ0v) is 19.3. The van der Waals surface area contributed by atoms with Crippen molar-refractivity contribution in [2.24, 2.45) is 22.6 Å². The third kappa shape index (κ3) is 8.24. The number of nitrogens with one attached hydrogen (secondary N) is 1. The average Bonchev–Trinajstić information content (AvgIpc) is 2.82. The first kappa shape index (κ1) is 23.7. The molecule has 2 fully saturated rings. The van der Waals surface area contributed by atoms with E-state index in [-0.39, 0.29) is 5.91 Å². The van der Waals surface area contributed by atoms with E-state index in [2.05, 4.69) is 27.4 Å². The molecule has 31 heavy (non-hydrogen) atoms. The van der Waals surface area contributed by atoms with Gasteiger partial charge in [0.15, 0.2) is 5.96 Å². The molecular formula is C25H41N5O. The van der Waals surface area contributed by atoms with Crippen LogP contribution in [0.15, 0.2) is 29.5 Å². The van der Waals surface area contributed by atoms with Crippen molar-refractivity contribution in [2.45, 2.75) is 89.6 Å². The number of guanidine groups is 1. The molecular weight excluding hydrogens is 386 g/mol. The number of carbonyl (C=O) groups is 1. The van der Waals surface area contributed by atoms with Gasteiger partial charge in [-0.2, -0.15) is 0 Å². The van der Waals surface area contributed by atoms with Crippen molar-refractivity contribution in [3.63, 3.8) is 0 Å². The number of pyridine rings is 1. The molecule has 0 aliphatic heterocycles. The van der Waals surface area contributed by atoms with E-state index in [4.69, 9.17) is 5.73 Å². The van der Waals surface area contributed by atoms with Crippen LogP contribution in [0.4, 0.5) is 0 Å². The van der Waals surface area contributed by atoms with Crippen LogP contribution in [-0.2, 0) is 11.3 Å². The van der Waals surface area contributed by atoms with Crippen LogP contribution in [-0.4, -0.2) is 41.4 Å². The number of rotatable bonds is 9. The predicted octanol–water partition coefficient (Wildman–Crippen LogP) is 4.25. The molecule has 3 N–H and O–H groups in total. The molecule has 6 nitrogen and oxygen atoms in total. The third-order valence-corrected chi connectivity index (χ3v) is 7.15. The fourth-order valence-electron chi connectivity index (χ4n) is 5.07. The SMILES string of the molecule is CN(C(=O)CCC1CCC[C@@H](NCc2ccncc2)C1)C(N)=NCCC1CCCCC1. The van der Waals surface area contributed by atoms with Crippen LogP contribution in [0.1, 0.15) is 82.6 Å². The number of hydrogen-bond donors (Lipinski definition) is 2. The maximum atomic E-state index is 12.6. The quantitative estimate of drug-likeness (QED) is 0.456. The Morgan fingerprint density at radius 3 is 2.61 bits per heavy atom. The van der Waals surface area contributed by atoms with Crippen LogP contribution in [0.2, 0.25) is 0 Å². The fraction of sp³-hybridized carbons (Fsp3) is 0.720. The number of nitrogens with two attached hydrogens (primary N) is 1. The molecule has 2 aliphatic carbocycles. The van der Waals surface area contributed by atoms with Gasteiger partial charge in [-0.15, -0.1) is 0 Å². The normalized spacial score (nSPS) is 22.9. The largest absolute Gasteiger partial charge is 0.369 e. The fourth-order valence-corrected chi connectivity index (χ4v) is 5.07. The molecule has 0 saturated heterocycles. The Kier molecular flexibility index (Phi) is 9.79. The molecule has 2 aliphatic rings. The minimum absolute atomic E-state index is 0.0887. The minimum atomic E-state index is 0.0887. The molecule has 1 heterocycles. The van der Waals surface area contributed by atoms with Crippen LogP contribution in [0.5, 0.6) is 0 Å². The molecule has 2 saturated carbocycles. The highest BCUT2D eigenvalue weighted by Crippen LogP contribution is 2.28. The highest BCUT2D eigenvalue weighted by atomic mass is 16.2. The lowest BCUT2D eigenvalue weighted by Gasteiger charge is -2.30. The van der Waals surface area contributed by atoms with E-state index in [1.54, 1.807) is 11.9 Å². The second kappa shape index (κ2) is 12.8. The van der Waals surface area contributed by atoms with Gasteiger partial charge in [0.05, 0.1) is 0 Å². The number of hydrogen-bond acceptors (Lipinski definition) is 4. The molecule has 172 valence electrons. The molecule has 1 aromatic rings. The maximum Gasteiger partial charge on any atom is 0.229 e. The van der Waals surface area contributed by atoms with E-state index in [9.17, 15) is 4.79 Å². The molecule has 0 aromatic carbocycles. The summed E-state index contributed by atoms with van der Waals surface area (Å²) < 4.78 is 0. The Morgan fingerprint density at radius 2 is 1.84 bits per heavy atom. The number of aliphatic imine (C=N–C) groups is 1. The van der Waals surface area contributed by atoms with E-state index < -0.39 is 0 Å². The Labute approximate surface area is 188 Å². The first-order valence-electron chi connectivity index (χ1n) is 12.3. The summed E-state index contributed by atoms with van der Waals surface area (Å²) in [5.74, 6) is 1.86. The maximum absolute atomic E-state index is 12.6. The van der Waals surface area contributed by atoms with Crippen LogP contribution >= 0.6 is 0 Å². The van der Waals surface area contributed by atoms with Crippen molar-refractivity contribution in [1.82, 2.24) is 15.2 Å². The second-order valence-corrected chi connectivity index (χ2v) is 9.49. The molecule has 2 atom stereocenters. The van der Waals surface area contributed by atoms with Gasteiger partial charge in [0.25, 0.3) is 0 Å². The zero-order chi connectivity index (χ0) is 21.9. The molecule has 1 unspecified atom stereocenters. The Morgan fingerprint density at radius 1 is 1.10 bits per heavy atom. The Bertz CT molecular complexity index is 686. The average molecular weight is 428 g/mol. The molecule has 1 aromatic heterocycles. The van der Waals surface area contributed by atoms with Gasteiger partial charge in [-0.1, -0.05) is 44.9 Å². The number of aromatic nitrogens is 1. The highest BCUT2D eigenvalue weighted by Gasteiger charge is 2.23. The number of amides is 1. The molecule has 3 rings (SSSR count). The molecule has 0 bridgehead atoms. The van der Waals surface area contributed by atoms with Gasteiger partial charge in [-0.25, -0.2) is 0 Å². The monoisotopic (exact) mass is 427 g/mol. The summed E-state index contributed by atoms with van der Waals surface area (Å²) in [6, 6.07) is 4.65. The van der Waals surface area contributed by atoms with Crippen LogP contribution in [0.25, 0.3) is 0 Å². The van der Waals surface area contributed by atoms with Gasteiger partial charge in [-0.05, 0) is 55.2 Å². The van der Waals surface area contributed by atoms with Crippen molar-refractivity contribution < 1.29 is 4.79 Å². The smallest absolute Gasteiger partial charge is 0.229 e. The van der Waals surface area contributed by atoms with E-state index in [0.717, 1.165) is 38.3 Å². The zero-order valence-electron chi connectivity index (χ0n) is 19.3. The first-order valence-corrected chi connectivity index (χ1v) is 12.3. The number of carbonyl (C=O) groups excluding carboxylic acids is 1. The van der Waals surface area contributed by atoms with E-state index in [1.807, 2.05) is 12.4 Å². The highest BCUT2D eigenvalue weighted by molar-refractivity contribution is 5.95. The van der Waals surface area contributed by atoms with Crippen molar-refractivity contribution in [3.05, 3.63) is 30.1 Å². The van der Waals surface area contributed by atoms with Crippen molar-refractivity contribution in [1.29, 1.82) is 0 Å². The third-order valence-electron chi connectivity index (χ3n) is 7.15. The second-order valence-electron chi connectivity index (χ2n) is 9.49. The van der Waals surface area contributed by atoms with E-state index in [0.29, 0.717) is 24.3 Å². The summed E-state index contributed by atoms with van der Waals surface area (Å²) in [7, 11) is 1.77. The Balaban J connectivity index is 1.34. The van der Waals surface area contributed by atoms with Crippen molar-refractivity contribution >= 4 is 11.9 Å². The van der Waals surface area contributed by atoms with Gasteiger partial charge < -0.3 is 11.1 Å². The van der Waals surface area contributed by atoms with Crippen LogP contribution in [0, 0.1) is 11.8 Å². The topological polar surface area (TPSA) is 83.6 Å².